The molecule has 1 saturated carbocycles. The van der Waals surface area contributed by atoms with E-state index in [2.05, 4.69) is 6.92 Å². The molecule has 4 heteroatoms. The first kappa shape index (κ1) is 16.4. The maximum absolute atomic E-state index is 11.8. The highest BCUT2D eigenvalue weighted by molar-refractivity contribution is 5.81. The Morgan fingerprint density at radius 3 is 2.79 bits per heavy atom. The number of ether oxygens (including phenoxy) is 2. The molecule has 1 rings (SSSR count). The number of methoxy groups -OCH3 is 1. The van der Waals surface area contributed by atoms with Gasteiger partial charge in [-0.05, 0) is 31.6 Å². The van der Waals surface area contributed by atoms with Gasteiger partial charge in [-0.2, -0.15) is 0 Å². The standard InChI is InChI=1S/C15H29NO3/c1-3-4-5-6-11-19-12-9-13-8-7-10-15(13,16)14(17)18-2/h13H,3-12,16H2,1-2H3. The predicted octanol–water partition coefficient (Wildman–Crippen LogP) is 2.64. The van der Waals surface area contributed by atoms with E-state index in [-0.39, 0.29) is 11.9 Å². The number of carbonyl (C=O) groups is 1. The lowest BCUT2D eigenvalue weighted by Gasteiger charge is -2.28. The van der Waals surface area contributed by atoms with Crippen molar-refractivity contribution in [3.63, 3.8) is 0 Å². The third kappa shape index (κ3) is 4.77. The molecule has 0 aromatic heterocycles. The van der Waals surface area contributed by atoms with Crippen LogP contribution in [0, 0.1) is 5.92 Å². The van der Waals surface area contributed by atoms with Gasteiger partial charge >= 0.3 is 5.97 Å². The van der Waals surface area contributed by atoms with Crippen LogP contribution in [0.2, 0.25) is 0 Å². The van der Waals surface area contributed by atoms with Gasteiger partial charge in [-0.15, -0.1) is 0 Å². The highest BCUT2D eigenvalue weighted by Crippen LogP contribution is 2.36. The van der Waals surface area contributed by atoms with Crippen LogP contribution in [0.1, 0.15) is 58.3 Å². The number of carbonyl (C=O) groups excluding carboxylic acids is 1. The fourth-order valence-electron chi connectivity index (χ4n) is 2.92. The molecule has 2 unspecified atom stereocenters. The summed E-state index contributed by atoms with van der Waals surface area (Å²) in [5, 5.41) is 0. The van der Waals surface area contributed by atoms with Crippen molar-refractivity contribution >= 4 is 5.97 Å². The third-order valence-electron chi connectivity index (χ3n) is 4.19. The summed E-state index contributed by atoms with van der Waals surface area (Å²) in [6.07, 6.45) is 8.50. The van der Waals surface area contributed by atoms with Gasteiger partial charge in [0.25, 0.3) is 0 Å². The SMILES string of the molecule is CCCCCCOCCC1CCCC1(N)C(=O)OC. The lowest BCUT2D eigenvalue weighted by Crippen LogP contribution is -2.51. The number of hydrogen-bond donors (Lipinski definition) is 1. The molecule has 2 atom stereocenters. The Bertz CT molecular complexity index is 270. The fraction of sp³-hybridized carbons (Fsp3) is 0.933. The molecule has 0 heterocycles. The summed E-state index contributed by atoms with van der Waals surface area (Å²) in [6, 6.07) is 0. The van der Waals surface area contributed by atoms with Crippen molar-refractivity contribution in [2.75, 3.05) is 20.3 Å². The first-order valence-electron chi connectivity index (χ1n) is 7.60. The van der Waals surface area contributed by atoms with Crippen LogP contribution in [0.25, 0.3) is 0 Å². The molecule has 1 aliphatic rings. The summed E-state index contributed by atoms with van der Waals surface area (Å²) in [7, 11) is 1.41. The lowest BCUT2D eigenvalue weighted by molar-refractivity contribution is -0.148. The molecule has 0 aliphatic heterocycles. The fourth-order valence-corrected chi connectivity index (χ4v) is 2.92. The zero-order valence-electron chi connectivity index (χ0n) is 12.5. The third-order valence-corrected chi connectivity index (χ3v) is 4.19. The topological polar surface area (TPSA) is 61.5 Å². The first-order valence-corrected chi connectivity index (χ1v) is 7.60. The molecule has 0 radical (unpaired) electrons. The maximum Gasteiger partial charge on any atom is 0.326 e. The Labute approximate surface area is 117 Å². The van der Waals surface area contributed by atoms with E-state index in [4.69, 9.17) is 15.2 Å². The van der Waals surface area contributed by atoms with E-state index >= 15 is 0 Å². The molecule has 0 aromatic rings. The van der Waals surface area contributed by atoms with Gasteiger partial charge in [-0.3, -0.25) is 4.79 Å². The van der Waals surface area contributed by atoms with Gasteiger partial charge in [0, 0.05) is 13.2 Å². The minimum absolute atomic E-state index is 0.204. The Balaban J connectivity index is 2.19. The van der Waals surface area contributed by atoms with Crippen molar-refractivity contribution in [2.45, 2.75) is 63.8 Å². The van der Waals surface area contributed by atoms with Crippen LogP contribution in [0.5, 0.6) is 0 Å². The van der Waals surface area contributed by atoms with E-state index in [0.717, 1.165) is 38.7 Å². The minimum Gasteiger partial charge on any atom is -0.468 e. The van der Waals surface area contributed by atoms with Crippen molar-refractivity contribution in [3.8, 4) is 0 Å². The summed E-state index contributed by atoms with van der Waals surface area (Å²) in [5.74, 6) is -0.0615. The first-order chi connectivity index (χ1) is 9.15. The van der Waals surface area contributed by atoms with Crippen molar-refractivity contribution in [2.24, 2.45) is 11.7 Å². The minimum atomic E-state index is -0.777. The van der Waals surface area contributed by atoms with Crippen molar-refractivity contribution in [3.05, 3.63) is 0 Å². The van der Waals surface area contributed by atoms with Crippen LogP contribution in [0.15, 0.2) is 0 Å². The molecule has 2 N–H and O–H groups in total. The van der Waals surface area contributed by atoms with Gasteiger partial charge in [0.15, 0.2) is 0 Å². The van der Waals surface area contributed by atoms with Gasteiger partial charge in [-0.1, -0.05) is 32.6 Å². The van der Waals surface area contributed by atoms with Crippen LogP contribution in [-0.2, 0) is 14.3 Å². The summed E-state index contributed by atoms with van der Waals surface area (Å²) in [6.45, 7) is 3.73. The van der Waals surface area contributed by atoms with E-state index in [1.165, 1.54) is 26.4 Å². The summed E-state index contributed by atoms with van der Waals surface area (Å²) in [4.78, 5) is 11.8. The van der Waals surface area contributed by atoms with E-state index < -0.39 is 5.54 Å². The second kappa shape index (κ2) is 8.54. The van der Waals surface area contributed by atoms with Crippen LogP contribution >= 0.6 is 0 Å². The van der Waals surface area contributed by atoms with Crippen LogP contribution in [-0.4, -0.2) is 31.8 Å². The van der Waals surface area contributed by atoms with Crippen LogP contribution in [0.3, 0.4) is 0 Å². The Morgan fingerprint density at radius 1 is 1.32 bits per heavy atom. The van der Waals surface area contributed by atoms with E-state index in [1.54, 1.807) is 0 Å². The molecule has 112 valence electrons. The monoisotopic (exact) mass is 271 g/mol. The van der Waals surface area contributed by atoms with E-state index in [1.807, 2.05) is 0 Å². The molecule has 0 bridgehead atoms. The molecule has 4 nitrogen and oxygen atoms in total. The van der Waals surface area contributed by atoms with Crippen molar-refractivity contribution in [1.29, 1.82) is 0 Å². The normalized spacial score (nSPS) is 26.6. The van der Waals surface area contributed by atoms with Gasteiger partial charge in [0.2, 0.25) is 0 Å². The molecule has 0 saturated heterocycles. The second-order valence-electron chi connectivity index (χ2n) is 5.58. The van der Waals surface area contributed by atoms with Crippen molar-refractivity contribution < 1.29 is 14.3 Å². The molecule has 1 fully saturated rings. The zero-order chi connectivity index (χ0) is 14.1. The summed E-state index contributed by atoms with van der Waals surface area (Å²) in [5.41, 5.74) is 5.43. The zero-order valence-corrected chi connectivity index (χ0v) is 12.5. The highest BCUT2D eigenvalue weighted by atomic mass is 16.5. The molecule has 19 heavy (non-hydrogen) atoms. The second-order valence-corrected chi connectivity index (χ2v) is 5.58. The van der Waals surface area contributed by atoms with Crippen LogP contribution < -0.4 is 5.73 Å². The van der Waals surface area contributed by atoms with E-state index in [0.29, 0.717) is 6.61 Å². The summed E-state index contributed by atoms with van der Waals surface area (Å²) >= 11 is 0. The predicted molar refractivity (Wildman–Crippen MR) is 75.9 cm³/mol. The number of nitrogens with two attached hydrogens (primary N) is 1. The quantitative estimate of drug-likeness (QED) is 0.517. The largest absolute Gasteiger partial charge is 0.468 e. The molecule has 0 aromatic carbocycles. The molecule has 0 spiro atoms. The van der Waals surface area contributed by atoms with Crippen molar-refractivity contribution in [1.82, 2.24) is 0 Å². The Morgan fingerprint density at radius 2 is 2.11 bits per heavy atom. The van der Waals surface area contributed by atoms with Gasteiger partial charge in [0.05, 0.1) is 7.11 Å². The Hall–Kier alpha value is -0.610. The van der Waals surface area contributed by atoms with Gasteiger partial charge in [0.1, 0.15) is 5.54 Å². The summed E-state index contributed by atoms with van der Waals surface area (Å²) < 4.78 is 10.5. The number of esters is 1. The number of unbranched alkanes of at least 4 members (excludes halogenated alkanes) is 3. The Kier molecular flexibility index (Phi) is 7.39. The van der Waals surface area contributed by atoms with E-state index in [9.17, 15) is 4.79 Å². The smallest absolute Gasteiger partial charge is 0.326 e. The van der Waals surface area contributed by atoms with Crippen LogP contribution in [0.4, 0.5) is 0 Å². The lowest BCUT2D eigenvalue weighted by atomic mass is 9.86. The molecular weight excluding hydrogens is 242 g/mol. The molecular formula is C15H29NO3. The molecule has 1 aliphatic carbocycles. The molecule has 0 amide bonds. The van der Waals surface area contributed by atoms with Gasteiger partial charge < -0.3 is 15.2 Å². The highest BCUT2D eigenvalue weighted by Gasteiger charge is 2.46. The average Bonchev–Trinajstić information content (AvgIpc) is 2.79. The number of rotatable bonds is 9. The van der Waals surface area contributed by atoms with Gasteiger partial charge in [-0.25, -0.2) is 0 Å². The average molecular weight is 271 g/mol. The number of hydrogen-bond acceptors (Lipinski definition) is 4. The maximum atomic E-state index is 11.8.